The number of halogens is 4. The lowest BCUT2D eigenvalue weighted by Crippen LogP contribution is -2.39. The van der Waals surface area contributed by atoms with E-state index in [1.54, 1.807) is 16.9 Å². The molecule has 1 aromatic carbocycles. The third kappa shape index (κ3) is 4.69. The maximum Gasteiger partial charge on any atom is 0.416 e. The van der Waals surface area contributed by atoms with Crippen LogP contribution in [0.25, 0.3) is 0 Å². The van der Waals surface area contributed by atoms with Crippen molar-refractivity contribution in [2.24, 2.45) is 5.92 Å². The van der Waals surface area contributed by atoms with Crippen molar-refractivity contribution in [3.05, 3.63) is 41.0 Å². The summed E-state index contributed by atoms with van der Waals surface area (Å²) in [5.41, 5.74) is -0.581. The quantitative estimate of drug-likeness (QED) is 0.757. The first-order valence-corrected chi connectivity index (χ1v) is 8.47. The van der Waals surface area contributed by atoms with Gasteiger partial charge in [-0.2, -0.15) is 18.3 Å². The van der Waals surface area contributed by atoms with Crippen molar-refractivity contribution in [2.75, 3.05) is 10.6 Å². The number of aryl methyl sites for hydroxylation is 1. The van der Waals surface area contributed by atoms with E-state index in [2.05, 4.69) is 15.7 Å². The van der Waals surface area contributed by atoms with Crippen molar-refractivity contribution in [1.82, 2.24) is 9.78 Å². The van der Waals surface area contributed by atoms with Gasteiger partial charge in [-0.1, -0.05) is 25.4 Å². The highest BCUT2D eigenvalue weighted by Gasteiger charge is 2.31. The molecule has 5 nitrogen and oxygen atoms in total. The molecule has 2 N–H and O–H groups in total. The number of benzene rings is 1. The van der Waals surface area contributed by atoms with Gasteiger partial charge in [0, 0.05) is 12.6 Å². The molecule has 0 radical (unpaired) electrons. The van der Waals surface area contributed by atoms with Gasteiger partial charge in [0.05, 0.1) is 22.5 Å². The van der Waals surface area contributed by atoms with E-state index in [1.807, 2.05) is 20.8 Å². The number of carbonyl (C=O) groups is 1. The second-order valence-corrected chi connectivity index (χ2v) is 6.49. The van der Waals surface area contributed by atoms with Crippen LogP contribution in [-0.4, -0.2) is 21.7 Å². The number of hydrogen-bond donors (Lipinski definition) is 2. The Morgan fingerprint density at radius 2 is 2.00 bits per heavy atom. The molecule has 1 atom stereocenters. The molecule has 0 aliphatic rings. The molecule has 2 rings (SSSR count). The summed E-state index contributed by atoms with van der Waals surface area (Å²) in [7, 11) is 0. The first-order chi connectivity index (χ1) is 12.1. The first kappa shape index (κ1) is 20.1. The van der Waals surface area contributed by atoms with Crippen LogP contribution in [0.3, 0.4) is 0 Å². The van der Waals surface area contributed by atoms with Gasteiger partial charge in [0.1, 0.15) is 11.9 Å². The Balaban J connectivity index is 2.19. The van der Waals surface area contributed by atoms with E-state index < -0.39 is 17.8 Å². The lowest BCUT2D eigenvalue weighted by molar-refractivity contribution is -0.137. The Labute approximate surface area is 154 Å². The van der Waals surface area contributed by atoms with Crippen molar-refractivity contribution in [3.8, 4) is 0 Å². The van der Waals surface area contributed by atoms with Gasteiger partial charge >= 0.3 is 6.18 Å². The second-order valence-electron chi connectivity index (χ2n) is 6.08. The molecule has 0 saturated heterocycles. The van der Waals surface area contributed by atoms with Crippen LogP contribution < -0.4 is 10.6 Å². The molecule has 1 heterocycles. The molecule has 0 aliphatic carbocycles. The molecule has 1 amide bonds. The number of alkyl halides is 3. The van der Waals surface area contributed by atoms with Crippen LogP contribution in [0, 0.1) is 5.92 Å². The number of carbonyl (C=O) groups excluding carboxylic acids is 1. The van der Waals surface area contributed by atoms with Crippen molar-refractivity contribution in [2.45, 2.75) is 39.5 Å². The van der Waals surface area contributed by atoms with E-state index >= 15 is 0 Å². The highest BCUT2D eigenvalue weighted by atomic mass is 35.5. The molecule has 1 aromatic heterocycles. The van der Waals surface area contributed by atoms with Crippen LogP contribution in [0.2, 0.25) is 5.02 Å². The monoisotopic (exact) mass is 388 g/mol. The molecule has 0 spiro atoms. The Hall–Kier alpha value is -2.22. The lowest BCUT2D eigenvalue weighted by atomic mass is 10.0. The van der Waals surface area contributed by atoms with Crippen molar-refractivity contribution in [1.29, 1.82) is 0 Å². The Morgan fingerprint density at radius 1 is 1.31 bits per heavy atom. The number of amides is 1. The van der Waals surface area contributed by atoms with E-state index in [4.69, 9.17) is 11.6 Å². The van der Waals surface area contributed by atoms with E-state index in [9.17, 15) is 18.0 Å². The number of anilines is 2. The van der Waals surface area contributed by atoms with Gasteiger partial charge in [0.2, 0.25) is 5.91 Å². The third-order valence-corrected chi connectivity index (χ3v) is 4.14. The van der Waals surface area contributed by atoms with E-state index in [-0.39, 0.29) is 22.5 Å². The van der Waals surface area contributed by atoms with E-state index in [0.717, 1.165) is 12.1 Å². The minimum Gasteiger partial charge on any atom is -0.372 e. The van der Waals surface area contributed by atoms with E-state index in [0.29, 0.717) is 12.4 Å². The predicted molar refractivity (Wildman–Crippen MR) is 95.2 cm³/mol. The highest BCUT2D eigenvalue weighted by molar-refractivity contribution is 6.33. The van der Waals surface area contributed by atoms with Gasteiger partial charge in [0.15, 0.2) is 0 Å². The average molecular weight is 389 g/mol. The molecule has 26 heavy (non-hydrogen) atoms. The van der Waals surface area contributed by atoms with Crippen molar-refractivity contribution < 1.29 is 18.0 Å². The Kier molecular flexibility index (Phi) is 6.17. The normalized spacial score (nSPS) is 12.9. The summed E-state index contributed by atoms with van der Waals surface area (Å²) in [6.07, 6.45) is -2.90. The Morgan fingerprint density at radius 3 is 2.54 bits per heavy atom. The molecular formula is C17H20ClF3N4O. The maximum atomic E-state index is 12.8. The van der Waals surface area contributed by atoms with E-state index in [1.165, 1.54) is 6.07 Å². The second kappa shape index (κ2) is 7.99. The molecule has 1 unspecified atom stereocenters. The third-order valence-electron chi connectivity index (χ3n) is 3.82. The van der Waals surface area contributed by atoms with Gasteiger partial charge in [-0.3, -0.25) is 4.79 Å². The zero-order valence-corrected chi connectivity index (χ0v) is 15.3. The fourth-order valence-electron chi connectivity index (χ4n) is 2.41. The number of aromatic nitrogens is 2. The van der Waals surface area contributed by atoms with Crippen molar-refractivity contribution in [3.63, 3.8) is 0 Å². The molecule has 0 bridgehead atoms. The summed E-state index contributed by atoms with van der Waals surface area (Å²) in [5.74, 6) is 0.0842. The lowest BCUT2D eigenvalue weighted by Gasteiger charge is -2.23. The van der Waals surface area contributed by atoms with Crippen LogP contribution in [0.15, 0.2) is 30.5 Å². The summed E-state index contributed by atoms with van der Waals surface area (Å²) in [6, 6.07) is 3.97. The summed E-state index contributed by atoms with van der Waals surface area (Å²) < 4.78 is 39.9. The van der Waals surface area contributed by atoms with Gasteiger partial charge in [-0.15, -0.1) is 0 Å². The maximum absolute atomic E-state index is 12.8. The molecule has 0 saturated carbocycles. The molecule has 0 fully saturated rings. The summed E-state index contributed by atoms with van der Waals surface area (Å²) in [4.78, 5) is 12.6. The topological polar surface area (TPSA) is 59.0 Å². The van der Waals surface area contributed by atoms with Crippen LogP contribution >= 0.6 is 11.6 Å². The molecule has 9 heteroatoms. The zero-order valence-electron chi connectivity index (χ0n) is 14.6. The first-order valence-electron chi connectivity index (χ1n) is 8.09. The van der Waals surface area contributed by atoms with Crippen LogP contribution in [0.1, 0.15) is 26.3 Å². The van der Waals surface area contributed by atoms with Gasteiger partial charge in [0.25, 0.3) is 0 Å². The fraction of sp³-hybridized carbons (Fsp3) is 0.412. The summed E-state index contributed by atoms with van der Waals surface area (Å²) >= 11 is 5.97. The smallest absolute Gasteiger partial charge is 0.372 e. The molecule has 2 aromatic rings. The predicted octanol–water partition coefficient (Wildman–Crippen LogP) is 4.65. The van der Waals surface area contributed by atoms with Gasteiger partial charge in [-0.05, 0) is 31.0 Å². The number of nitrogens with one attached hydrogen (secondary N) is 2. The number of nitrogens with zero attached hydrogens (tertiary/aromatic N) is 2. The SMILES string of the molecule is CCn1nccc1NC(=O)C(Nc1ccc(C(F)(F)F)cc1Cl)C(C)C. The molecule has 0 aliphatic heterocycles. The fourth-order valence-corrected chi connectivity index (χ4v) is 2.64. The molecular weight excluding hydrogens is 369 g/mol. The molecule has 142 valence electrons. The van der Waals surface area contributed by atoms with Gasteiger partial charge in [-0.25, -0.2) is 4.68 Å². The highest BCUT2D eigenvalue weighted by Crippen LogP contribution is 2.34. The van der Waals surface area contributed by atoms with Crippen LogP contribution in [0.5, 0.6) is 0 Å². The van der Waals surface area contributed by atoms with Crippen molar-refractivity contribution >= 4 is 29.0 Å². The number of hydrogen-bond acceptors (Lipinski definition) is 3. The number of rotatable bonds is 6. The Bertz CT molecular complexity index is 774. The van der Waals surface area contributed by atoms with Crippen LogP contribution in [-0.2, 0) is 17.5 Å². The van der Waals surface area contributed by atoms with Crippen LogP contribution in [0.4, 0.5) is 24.7 Å². The summed E-state index contributed by atoms with van der Waals surface area (Å²) in [6.45, 7) is 6.13. The standard InChI is InChI=1S/C17H20ClF3N4O/c1-4-25-14(7-8-22-25)24-16(26)15(10(2)3)23-13-6-5-11(9-12(13)18)17(19,20)21/h5-10,15,23H,4H2,1-3H3,(H,24,26). The average Bonchev–Trinajstić information content (AvgIpc) is 2.99. The minimum absolute atomic E-state index is 0.100. The minimum atomic E-state index is -4.48. The van der Waals surface area contributed by atoms with Gasteiger partial charge < -0.3 is 10.6 Å². The zero-order chi connectivity index (χ0) is 19.5. The largest absolute Gasteiger partial charge is 0.416 e. The summed E-state index contributed by atoms with van der Waals surface area (Å²) in [5, 5.41) is 9.68.